The Labute approximate surface area is 161 Å². The number of anilines is 2. The van der Waals surface area contributed by atoms with Crippen LogP contribution in [0.2, 0.25) is 0 Å². The van der Waals surface area contributed by atoms with Gasteiger partial charge in [0.25, 0.3) is 5.91 Å². The fourth-order valence-corrected chi connectivity index (χ4v) is 3.87. The van der Waals surface area contributed by atoms with E-state index < -0.39 is 0 Å². The molecule has 1 aliphatic heterocycles. The van der Waals surface area contributed by atoms with Crippen LogP contribution in [0.4, 0.5) is 16.2 Å². The van der Waals surface area contributed by atoms with Gasteiger partial charge in [-0.2, -0.15) is 0 Å². The number of benzene rings is 2. The van der Waals surface area contributed by atoms with E-state index in [0.717, 1.165) is 22.5 Å². The van der Waals surface area contributed by atoms with Gasteiger partial charge in [0.15, 0.2) is 0 Å². The molecule has 1 aliphatic rings. The van der Waals surface area contributed by atoms with Gasteiger partial charge in [-0.25, -0.2) is 4.79 Å². The zero-order chi connectivity index (χ0) is 18.6. The Morgan fingerprint density at radius 2 is 1.70 bits per heavy atom. The topological polar surface area (TPSA) is 61.4 Å². The summed E-state index contributed by atoms with van der Waals surface area (Å²) >= 11 is 1.46. The van der Waals surface area contributed by atoms with Gasteiger partial charge in [0.2, 0.25) is 0 Å². The van der Waals surface area contributed by atoms with Gasteiger partial charge in [-0.05, 0) is 53.3 Å². The highest BCUT2D eigenvalue weighted by atomic mass is 32.1. The molecule has 0 spiro atoms. The molecule has 0 saturated carbocycles. The van der Waals surface area contributed by atoms with Crippen LogP contribution in [-0.4, -0.2) is 23.4 Å². The van der Waals surface area contributed by atoms with E-state index in [1.165, 1.54) is 16.9 Å². The number of para-hydroxylation sites is 1. The molecule has 0 atom stereocenters. The Hall–Kier alpha value is -3.12. The molecule has 3 aromatic rings. The molecular formula is C21H19N3O2S. The fraction of sp³-hybridized carbons (Fsp3) is 0.143. The zero-order valence-corrected chi connectivity index (χ0v) is 15.5. The van der Waals surface area contributed by atoms with Crippen LogP contribution in [0.3, 0.4) is 0 Å². The summed E-state index contributed by atoms with van der Waals surface area (Å²) in [4.78, 5) is 27.4. The van der Waals surface area contributed by atoms with Gasteiger partial charge >= 0.3 is 6.03 Å². The summed E-state index contributed by atoms with van der Waals surface area (Å²) < 4.78 is 0. The third kappa shape index (κ3) is 4.01. The summed E-state index contributed by atoms with van der Waals surface area (Å²) in [6, 6.07) is 18.6. The third-order valence-electron chi connectivity index (χ3n) is 4.53. The molecule has 2 aromatic carbocycles. The quantitative estimate of drug-likeness (QED) is 0.701. The van der Waals surface area contributed by atoms with E-state index in [4.69, 9.17) is 0 Å². The molecule has 27 heavy (non-hydrogen) atoms. The monoisotopic (exact) mass is 377 g/mol. The van der Waals surface area contributed by atoms with Gasteiger partial charge < -0.3 is 15.5 Å². The van der Waals surface area contributed by atoms with Gasteiger partial charge in [0.1, 0.15) is 0 Å². The van der Waals surface area contributed by atoms with Gasteiger partial charge in [-0.1, -0.05) is 30.3 Å². The molecule has 136 valence electrons. The minimum Gasteiger partial charge on any atom is -0.333 e. The van der Waals surface area contributed by atoms with Crippen molar-refractivity contribution < 1.29 is 9.59 Å². The molecule has 2 N–H and O–H groups in total. The molecule has 0 radical (unpaired) electrons. The molecule has 0 aliphatic carbocycles. The van der Waals surface area contributed by atoms with Crippen LogP contribution < -0.4 is 10.6 Å². The normalized spacial score (nSPS) is 13.0. The van der Waals surface area contributed by atoms with Gasteiger partial charge in [0, 0.05) is 24.5 Å². The van der Waals surface area contributed by atoms with Gasteiger partial charge in [0.05, 0.1) is 4.88 Å². The Morgan fingerprint density at radius 3 is 2.48 bits per heavy atom. The molecule has 0 saturated heterocycles. The average molecular weight is 377 g/mol. The Kier molecular flexibility index (Phi) is 4.89. The first kappa shape index (κ1) is 17.3. The van der Waals surface area contributed by atoms with Crippen LogP contribution in [0, 0.1) is 0 Å². The maximum absolute atomic E-state index is 12.6. The van der Waals surface area contributed by atoms with Crippen molar-refractivity contribution >= 4 is 34.6 Å². The Morgan fingerprint density at radius 1 is 0.889 bits per heavy atom. The lowest BCUT2D eigenvalue weighted by Crippen LogP contribution is -2.35. The van der Waals surface area contributed by atoms with Crippen molar-refractivity contribution in [2.75, 3.05) is 17.2 Å². The second-order valence-electron chi connectivity index (χ2n) is 6.38. The summed E-state index contributed by atoms with van der Waals surface area (Å²) in [5, 5.41) is 7.58. The predicted molar refractivity (Wildman–Crippen MR) is 108 cm³/mol. The summed E-state index contributed by atoms with van der Waals surface area (Å²) in [5.41, 5.74) is 3.75. The number of rotatable bonds is 3. The van der Waals surface area contributed by atoms with Crippen LogP contribution in [0.25, 0.3) is 0 Å². The Bertz CT molecular complexity index is 955. The lowest BCUT2D eigenvalue weighted by atomic mass is 9.99. The lowest BCUT2D eigenvalue weighted by molar-refractivity contribution is 0.0739. The van der Waals surface area contributed by atoms with Crippen molar-refractivity contribution in [3.05, 3.63) is 82.0 Å². The third-order valence-corrected chi connectivity index (χ3v) is 5.39. The van der Waals surface area contributed by atoms with E-state index in [2.05, 4.69) is 10.6 Å². The molecule has 3 amide bonds. The van der Waals surface area contributed by atoms with Crippen molar-refractivity contribution in [1.82, 2.24) is 4.90 Å². The van der Waals surface area contributed by atoms with Crippen LogP contribution in [0.1, 0.15) is 20.8 Å². The predicted octanol–water partition coefficient (Wildman–Crippen LogP) is 4.59. The smallest absolute Gasteiger partial charge is 0.323 e. The number of urea groups is 1. The average Bonchev–Trinajstić information content (AvgIpc) is 3.22. The van der Waals surface area contributed by atoms with Crippen molar-refractivity contribution in [1.29, 1.82) is 0 Å². The van der Waals surface area contributed by atoms with Crippen molar-refractivity contribution in [3.63, 3.8) is 0 Å². The SMILES string of the molecule is O=C(Nc1ccccc1)Nc1ccc2c(c1)CN(C(=O)c1cccs1)CC2. The first-order chi connectivity index (χ1) is 13.2. The van der Waals surface area contributed by atoms with Crippen LogP contribution in [0.15, 0.2) is 66.0 Å². The van der Waals surface area contributed by atoms with Gasteiger partial charge in [-0.15, -0.1) is 11.3 Å². The number of nitrogens with zero attached hydrogens (tertiary/aromatic N) is 1. The van der Waals surface area contributed by atoms with E-state index >= 15 is 0 Å². The summed E-state index contributed by atoms with van der Waals surface area (Å²) in [5.74, 6) is 0.0656. The van der Waals surface area contributed by atoms with E-state index in [9.17, 15) is 9.59 Å². The fourth-order valence-electron chi connectivity index (χ4n) is 3.18. The van der Waals surface area contributed by atoms with Crippen molar-refractivity contribution in [2.45, 2.75) is 13.0 Å². The van der Waals surface area contributed by atoms with Crippen LogP contribution >= 0.6 is 11.3 Å². The number of amides is 3. The molecule has 4 rings (SSSR count). The second-order valence-corrected chi connectivity index (χ2v) is 7.33. The molecule has 5 nitrogen and oxygen atoms in total. The van der Waals surface area contributed by atoms with Crippen molar-refractivity contribution in [3.8, 4) is 0 Å². The maximum Gasteiger partial charge on any atom is 0.323 e. The highest BCUT2D eigenvalue weighted by Crippen LogP contribution is 2.25. The highest BCUT2D eigenvalue weighted by Gasteiger charge is 2.22. The lowest BCUT2D eigenvalue weighted by Gasteiger charge is -2.29. The number of thiophene rings is 1. The Balaban J connectivity index is 1.44. The molecule has 1 aromatic heterocycles. The number of hydrogen-bond donors (Lipinski definition) is 2. The van der Waals surface area contributed by atoms with E-state index in [1.54, 1.807) is 0 Å². The summed E-state index contributed by atoms with van der Waals surface area (Å²) in [7, 11) is 0. The zero-order valence-electron chi connectivity index (χ0n) is 14.6. The highest BCUT2D eigenvalue weighted by molar-refractivity contribution is 7.12. The molecule has 2 heterocycles. The number of hydrogen-bond acceptors (Lipinski definition) is 3. The van der Waals surface area contributed by atoms with Gasteiger partial charge in [-0.3, -0.25) is 4.79 Å². The molecular weight excluding hydrogens is 358 g/mol. The number of carbonyl (C=O) groups excluding carboxylic acids is 2. The standard InChI is InChI=1S/C21H19N3O2S/c25-20(19-7-4-12-27-19)24-11-10-15-8-9-18(13-16(15)14-24)23-21(26)22-17-5-2-1-3-6-17/h1-9,12-13H,10-11,14H2,(H2,22,23,26). The summed E-state index contributed by atoms with van der Waals surface area (Å²) in [6.45, 7) is 1.27. The van der Waals surface area contributed by atoms with E-state index in [-0.39, 0.29) is 11.9 Å². The first-order valence-electron chi connectivity index (χ1n) is 8.77. The second kappa shape index (κ2) is 7.63. The number of fused-ring (bicyclic) bond motifs is 1. The summed E-state index contributed by atoms with van der Waals surface area (Å²) in [6.07, 6.45) is 0.822. The van der Waals surface area contributed by atoms with Crippen molar-refractivity contribution in [2.24, 2.45) is 0 Å². The number of carbonyl (C=O) groups is 2. The molecule has 0 fully saturated rings. The maximum atomic E-state index is 12.6. The van der Waals surface area contributed by atoms with E-state index in [0.29, 0.717) is 18.8 Å². The molecule has 6 heteroatoms. The minimum absolute atomic E-state index is 0.0656. The minimum atomic E-state index is -0.288. The molecule has 0 unspecified atom stereocenters. The number of nitrogens with one attached hydrogen (secondary N) is 2. The molecule has 0 bridgehead atoms. The van der Waals surface area contributed by atoms with Crippen LogP contribution in [-0.2, 0) is 13.0 Å². The van der Waals surface area contributed by atoms with E-state index in [1.807, 2.05) is 70.9 Å². The first-order valence-corrected chi connectivity index (χ1v) is 9.64. The largest absolute Gasteiger partial charge is 0.333 e. The van der Waals surface area contributed by atoms with Crippen LogP contribution in [0.5, 0.6) is 0 Å².